The molecule has 0 heterocycles. The Balaban J connectivity index is 1.60. The number of ether oxygens (including phenoxy) is 2. The van der Waals surface area contributed by atoms with E-state index < -0.39 is 0 Å². The molecule has 0 unspecified atom stereocenters. The standard InChI is InChI=1S/C26H44O5/c1-15(6-9-23(29)31-5)18-7-8-19-24-20(14-22(28)26(18,19)3)25(2)11-10-17(27)12-16(25)13-21(24)30-4/h15-22,24,27-28H,6-14H2,1-5H3/t15-,16+,17-,18-,19+,20+,21-,22+,24+,25+,26-/m1/s1. The molecule has 0 aromatic carbocycles. The summed E-state index contributed by atoms with van der Waals surface area (Å²) in [7, 11) is 3.31. The SMILES string of the molecule is COC(=O)CC[C@@H](C)[C@H]1CC[C@H]2[C@@H]3[C@H](OC)C[C@@H]4C[C@H](O)CC[C@]4(C)[C@H]3C[C@H](O)[C@]12C. The molecule has 0 spiro atoms. The number of rotatable bonds is 5. The number of carbonyl (C=O) groups excluding carboxylic acids is 1. The zero-order chi connectivity index (χ0) is 22.6. The third-order valence-corrected chi connectivity index (χ3v) is 10.8. The number of hydrogen-bond acceptors (Lipinski definition) is 5. The molecule has 4 aliphatic carbocycles. The molecular weight excluding hydrogens is 392 g/mol. The molecule has 178 valence electrons. The van der Waals surface area contributed by atoms with E-state index in [2.05, 4.69) is 20.8 Å². The lowest BCUT2D eigenvalue weighted by Gasteiger charge is -2.64. The highest BCUT2D eigenvalue weighted by Gasteiger charge is 2.65. The van der Waals surface area contributed by atoms with E-state index in [-0.39, 0.29) is 35.1 Å². The summed E-state index contributed by atoms with van der Waals surface area (Å²) < 4.78 is 11.0. The molecule has 0 radical (unpaired) electrons. The van der Waals surface area contributed by atoms with Gasteiger partial charge in [0.05, 0.1) is 25.4 Å². The first-order valence-corrected chi connectivity index (χ1v) is 12.6. The second-order valence-corrected chi connectivity index (χ2v) is 11.8. The van der Waals surface area contributed by atoms with Crippen LogP contribution in [0.4, 0.5) is 0 Å². The molecule has 4 saturated carbocycles. The minimum absolute atomic E-state index is 0.120. The summed E-state index contributed by atoms with van der Waals surface area (Å²) in [5.74, 6) is 2.55. The van der Waals surface area contributed by atoms with Crippen LogP contribution in [0.15, 0.2) is 0 Å². The summed E-state index contributed by atoms with van der Waals surface area (Å²) in [5, 5.41) is 22.0. The van der Waals surface area contributed by atoms with E-state index in [9.17, 15) is 15.0 Å². The van der Waals surface area contributed by atoms with Crippen LogP contribution >= 0.6 is 0 Å². The van der Waals surface area contributed by atoms with Crippen LogP contribution in [0.2, 0.25) is 0 Å². The van der Waals surface area contributed by atoms with Gasteiger partial charge in [0.2, 0.25) is 0 Å². The van der Waals surface area contributed by atoms with Crippen LogP contribution in [0.3, 0.4) is 0 Å². The molecule has 4 fully saturated rings. The van der Waals surface area contributed by atoms with Gasteiger partial charge in [-0.05, 0) is 97.7 Å². The predicted octanol–water partition coefficient (Wildman–Crippen LogP) is 4.19. The van der Waals surface area contributed by atoms with Crippen molar-refractivity contribution in [2.24, 2.45) is 46.3 Å². The summed E-state index contributed by atoms with van der Waals surface area (Å²) >= 11 is 0. The maximum absolute atomic E-state index is 11.7. The normalized spacial score (nSPS) is 50.2. The lowest BCUT2D eigenvalue weighted by atomic mass is 9.43. The Bertz CT molecular complexity index is 666. The molecule has 5 nitrogen and oxygen atoms in total. The number of aliphatic hydroxyl groups excluding tert-OH is 2. The first-order chi connectivity index (χ1) is 14.7. The third kappa shape index (κ3) is 3.67. The molecule has 0 saturated heterocycles. The topological polar surface area (TPSA) is 76.0 Å². The molecule has 0 amide bonds. The van der Waals surface area contributed by atoms with E-state index in [0.29, 0.717) is 41.9 Å². The Kier molecular flexibility index (Phi) is 6.53. The lowest BCUT2D eigenvalue weighted by Crippen LogP contribution is -2.62. The predicted molar refractivity (Wildman–Crippen MR) is 119 cm³/mol. The van der Waals surface area contributed by atoms with Crippen molar-refractivity contribution in [3.05, 3.63) is 0 Å². The first-order valence-electron chi connectivity index (χ1n) is 12.6. The van der Waals surface area contributed by atoms with Crippen LogP contribution in [0.5, 0.6) is 0 Å². The Labute approximate surface area is 188 Å². The summed E-state index contributed by atoms with van der Waals surface area (Å²) in [4.78, 5) is 11.7. The number of hydrogen-bond donors (Lipinski definition) is 2. The maximum Gasteiger partial charge on any atom is 0.305 e. The van der Waals surface area contributed by atoms with Crippen LogP contribution in [0.25, 0.3) is 0 Å². The smallest absolute Gasteiger partial charge is 0.305 e. The number of methoxy groups -OCH3 is 2. The van der Waals surface area contributed by atoms with Crippen LogP contribution in [0, 0.1) is 46.3 Å². The fourth-order valence-electron chi connectivity index (χ4n) is 9.00. The average molecular weight is 437 g/mol. The molecule has 4 aliphatic rings. The van der Waals surface area contributed by atoms with Crippen molar-refractivity contribution in [2.45, 2.75) is 96.9 Å². The van der Waals surface area contributed by atoms with Gasteiger partial charge < -0.3 is 19.7 Å². The van der Waals surface area contributed by atoms with Gasteiger partial charge in [-0.3, -0.25) is 4.79 Å². The van der Waals surface area contributed by atoms with Crippen LogP contribution in [-0.4, -0.2) is 48.7 Å². The van der Waals surface area contributed by atoms with Crippen molar-refractivity contribution in [2.75, 3.05) is 14.2 Å². The highest BCUT2D eigenvalue weighted by atomic mass is 16.5. The van der Waals surface area contributed by atoms with Gasteiger partial charge in [-0.1, -0.05) is 20.8 Å². The molecule has 0 aliphatic heterocycles. The zero-order valence-corrected chi connectivity index (χ0v) is 20.2. The van der Waals surface area contributed by atoms with Gasteiger partial charge in [-0.2, -0.15) is 0 Å². The second-order valence-electron chi connectivity index (χ2n) is 11.8. The molecule has 4 rings (SSSR count). The molecule has 0 aromatic rings. The maximum atomic E-state index is 11.7. The highest BCUT2D eigenvalue weighted by molar-refractivity contribution is 5.69. The fraction of sp³-hybridized carbons (Fsp3) is 0.962. The van der Waals surface area contributed by atoms with E-state index >= 15 is 0 Å². The zero-order valence-electron chi connectivity index (χ0n) is 20.2. The second kappa shape index (κ2) is 8.61. The van der Waals surface area contributed by atoms with Gasteiger partial charge in [-0.25, -0.2) is 0 Å². The van der Waals surface area contributed by atoms with Crippen molar-refractivity contribution < 1.29 is 24.5 Å². The van der Waals surface area contributed by atoms with Crippen molar-refractivity contribution in [1.29, 1.82) is 0 Å². The Morgan fingerprint density at radius 3 is 2.48 bits per heavy atom. The van der Waals surface area contributed by atoms with E-state index in [1.54, 1.807) is 0 Å². The Morgan fingerprint density at radius 1 is 1.06 bits per heavy atom. The van der Waals surface area contributed by atoms with Crippen LogP contribution < -0.4 is 0 Å². The number of carbonyl (C=O) groups is 1. The summed E-state index contributed by atoms with van der Waals surface area (Å²) in [6, 6.07) is 0. The number of aliphatic hydroxyl groups is 2. The van der Waals surface area contributed by atoms with E-state index in [4.69, 9.17) is 9.47 Å². The lowest BCUT2D eigenvalue weighted by molar-refractivity contribution is -0.212. The summed E-state index contributed by atoms with van der Waals surface area (Å²) in [5.41, 5.74) is 0.0701. The molecule has 0 bridgehead atoms. The van der Waals surface area contributed by atoms with Gasteiger partial charge in [0.15, 0.2) is 0 Å². The van der Waals surface area contributed by atoms with Crippen molar-refractivity contribution in [3.8, 4) is 0 Å². The van der Waals surface area contributed by atoms with Crippen LogP contribution in [0.1, 0.15) is 78.6 Å². The summed E-state index contributed by atoms with van der Waals surface area (Å²) in [6.45, 7) is 7.03. The monoisotopic (exact) mass is 436 g/mol. The molecule has 2 N–H and O–H groups in total. The minimum atomic E-state index is -0.313. The van der Waals surface area contributed by atoms with E-state index in [1.807, 2.05) is 7.11 Å². The largest absolute Gasteiger partial charge is 0.469 e. The van der Waals surface area contributed by atoms with Crippen molar-refractivity contribution >= 4 is 5.97 Å². The van der Waals surface area contributed by atoms with Crippen molar-refractivity contribution in [1.82, 2.24) is 0 Å². The molecule has 11 atom stereocenters. The highest BCUT2D eigenvalue weighted by Crippen LogP contribution is 2.68. The number of esters is 1. The van der Waals surface area contributed by atoms with E-state index in [1.165, 1.54) is 7.11 Å². The van der Waals surface area contributed by atoms with Gasteiger partial charge in [0, 0.05) is 13.5 Å². The van der Waals surface area contributed by atoms with Gasteiger partial charge in [-0.15, -0.1) is 0 Å². The Morgan fingerprint density at radius 2 is 1.81 bits per heavy atom. The van der Waals surface area contributed by atoms with Crippen LogP contribution in [-0.2, 0) is 14.3 Å². The van der Waals surface area contributed by atoms with Gasteiger partial charge in [0.25, 0.3) is 0 Å². The third-order valence-electron chi connectivity index (χ3n) is 10.8. The van der Waals surface area contributed by atoms with Gasteiger partial charge >= 0.3 is 5.97 Å². The molecule has 5 heteroatoms. The van der Waals surface area contributed by atoms with Gasteiger partial charge in [0.1, 0.15) is 0 Å². The fourth-order valence-corrected chi connectivity index (χ4v) is 9.00. The Hall–Kier alpha value is -0.650. The average Bonchev–Trinajstić information content (AvgIpc) is 3.11. The first kappa shape index (κ1) is 23.5. The van der Waals surface area contributed by atoms with E-state index in [0.717, 1.165) is 51.4 Å². The molecular formula is C26H44O5. The molecule has 31 heavy (non-hydrogen) atoms. The number of fused-ring (bicyclic) bond motifs is 5. The quantitative estimate of drug-likeness (QED) is 0.632. The van der Waals surface area contributed by atoms with Crippen molar-refractivity contribution in [3.63, 3.8) is 0 Å². The molecule has 0 aromatic heterocycles. The summed E-state index contributed by atoms with van der Waals surface area (Å²) in [6.07, 6.45) is 7.99. The minimum Gasteiger partial charge on any atom is -0.469 e.